The van der Waals surface area contributed by atoms with Crippen LogP contribution in [0.15, 0.2) is 12.8 Å². The normalized spacial score (nSPS) is 13.4. The van der Waals surface area contributed by atoms with Crippen molar-refractivity contribution in [3.8, 4) is 0 Å². The summed E-state index contributed by atoms with van der Waals surface area (Å²) in [6.07, 6.45) is -0.106. The van der Waals surface area contributed by atoms with Gasteiger partial charge in [-0.1, -0.05) is 6.58 Å². The van der Waals surface area contributed by atoms with Gasteiger partial charge in [0.1, 0.15) is 0 Å². The second-order valence-electron chi connectivity index (χ2n) is 2.16. The quantitative estimate of drug-likeness (QED) is 0.386. The molecule has 0 amide bonds. The first kappa shape index (κ1) is 13.3. The van der Waals surface area contributed by atoms with E-state index < -0.39 is 19.9 Å². The second-order valence-corrected chi connectivity index (χ2v) is 4.00. The zero-order valence-electron chi connectivity index (χ0n) is 8.26. The summed E-state index contributed by atoms with van der Waals surface area (Å²) in [5, 5.41) is 0. The predicted octanol–water partition coefficient (Wildman–Crippen LogP) is 1.48. The lowest BCUT2D eigenvalue weighted by Crippen LogP contribution is -2.21. The van der Waals surface area contributed by atoms with E-state index in [1.165, 1.54) is 6.92 Å². The number of phosphoric ester groups is 1. The minimum absolute atomic E-state index is 0.727. The van der Waals surface area contributed by atoms with Crippen molar-refractivity contribution in [2.45, 2.75) is 13.0 Å². The van der Waals surface area contributed by atoms with Gasteiger partial charge in [-0.05, 0) is 6.92 Å². The third-order valence-corrected chi connectivity index (χ3v) is 2.73. The summed E-state index contributed by atoms with van der Waals surface area (Å²) in [6.45, 7) is 4.55. The Morgan fingerprint density at radius 1 is 1.43 bits per heavy atom. The monoisotopic (exact) mass is 224 g/mol. The van der Waals surface area contributed by atoms with Gasteiger partial charge >= 0.3 is 13.8 Å². The highest BCUT2D eigenvalue weighted by Gasteiger charge is 2.29. The molecule has 0 saturated carbocycles. The van der Waals surface area contributed by atoms with Crippen LogP contribution in [0.3, 0.4) is 0 Å². The molecular formula is C7H13O6P. The molecule has 0 heterocycles. The van der Waals surface area contributed by atoms with Gasteiger partial charge in [-0.2, -0.15) is 0 Å². The van der Waals surface area contributed by atoms with Gasteiger partial charge in [-0.25, -0.2) is 9.36 Å². The first-order valence-corrected chi connectivity index (χ1v) is 5.16. The molecule has 1 atom stereocenters. The molecule has 0 aliphatic rings. The summed E-state index contributed by atoms with van der Waals surface area (Å²) >= 11 is 0. The molecule has 1 unspecified atom stereocenters. The number of hydrogen-bond acceptors (Lipinski definition) is 6. The molecule has 0 aromatic carbocycles. The first-order valence-electron chi connectivity index (χ1n) is 3.70. The third-order valence-electron chi connectivity index (χ3n) is 1.27. The molecule has 0 rings (SSSR count). The summed E-state index contributed by atoms with van der Waals surface area (Å²) in [7, 11) is -1.35. The standard InChI is InChI=1S/C7H13O6P/c1-5-12-7(8)6(2)13-14(9,10-3)11-4/h5-6H,1H2,2-4H3. The number of rotatable bonds is 6. The summed E-state index contributed by atoms with van der Waals surface area (Å²) in [5.41, 5.74) is 0. The molecule has 0 bridgehead atoms. The van der Waals surface area contributed by atoms with Crippen LogP contribution in [0.2, 0.25) is 0 Å². The van der Waals surface area contributed by atoms with Crippen LogP contribution in [0.4, 0.5) is 0 Å². The maximum absolute atomic E-state index is 11.4. The topological polar surface area (TPSA) is 71.1 Å². The van der Waals surface area contributed by atoms with Crippen molar-refractivity contribution >= 4 is 13.8 Å². The molecule has 0 aliphatic heterocycles. The molecule has 0 radical (unpaired) electrons. The van der Waals surface area contributed by atoms with Crippen molar-refractivity contribution in [1.82, 2.24) is 0 Å². The lowest BCUT2D eigenvalue weighted by Gasteiger charge is -2.16. The van der Waals surface area contributed by atoms with Crippen molar-refractivity contribution in [3.63, 3.8) is 0 Å². The van der Waals surface area contributed by atoms with Crippen molar-refractivity contribution in [1.29, 1.82) is 0 Å². The first-order chi connectivity index (χ1) is 6.49. The summed E-state index contributed by atoms with van der Waals surface area (Å²) < 4.78 is 29.4. The van der Waals surface area contributed by atoms with Gasteiger partial charge in [-0.3, -0.25) is 13.6 Å². The van der Waals surface area contributed by atoms with E-state index in [4.69, 9.17) is 4.52 Å². The van der Waals surface area contributed by atoms with Gasteiger partial charge in [0, 0.05) is 14.2 Å². The second kappa shape index (κ2) is 5.93. The Morgan fingerprint density at radius 2 is 1.93 bits per heavy atom. The van der Waals surface area contributed by atoms with E-state index in [1.807, 2.05) is 0 Å². The average molecular weight is 224 g/mol. The predicted molar refractivity (Wildman–Crippen MR) is 48.5 cm³/mol. The van der Waals surface area contributed by atoms with Crippen molar-refractivity contribution in [3.05, 3.63) is 12.8 Å². The molecule has 0 saturated heterocycles. The van der Waals surface area contributed by atoms with Crippen LogP contribution in [0.1, 0.15) is 6.92 Å². The van der Waals surface area contributed by atoms with E-state index in [-0.39, 0.29) is 0 Å². The van der Waals surface area contributed by atoms with Crippen LogP contribution >= 0.6 is 7.82 Å². The van der Waals surface area contributed by atoms with Crippen LogP contribution < -0.4 is 0 Å². The van der Waals surface area contributed by atoms with Gasteiger partial charge in [0.2, 0.25) is 0 Å². The Labute approximate surface area is 82.4 Å². The Kier molecular flexibility index (Phi) is 5.64. The van der Waals surface area contributed by atoms with E-state index in [9.17, 15) is 9.36 Å². The fourth-order valence-electron chi connectivity index (χ4n) is 0.575. The minimum atomic E-state index is -3.65. The van der Waals surface area contributed by atoms with E-state index in [1.54, 1.807) is 0 Å². The van der Waals surface area contributed by atoms with Crippen LogP contribution in [-0.4, -0.2) is 26.3 Å². The lowest BCUT2D eigenvalue weighted by molar-refractivity contribution is -0.146. The Morgan fingerprint density at radius 3 is 2.29 bits per heavy atom. The summed E-state index contributed by atoms with van der Waals surface area (Å²) in [5.74, 6) is -0.727. The number of phosphoric acid groups is 1. The number of carbonyl (C=O) groups excluding carboxylic acids is 1. The maximum Gasteiger partial charge on any atom is 0.475 e. The number of carbonyl (C=O) groups is 1. The molecule has 0 N–H and O–H groups in total. The minimum Gasteiger partial charge on any atom is -0.433 e. The Hall–Kier alpha value is -0.680. The molecule has 0 fully saturated rings. The van der Waals surface area contributed by atoms with E-state index >= 15 is 0 Å². The van der Waals surface area contributed by atoms with Crippen molar-refractivity contribution in [2.75, 3.05) is 14.2 Å². The van der Waals surface area contributed by atoms with Crippen LogP contribution in [0, 0.1) is 0 Å². The van der Waals surface area contributed by atoms with Gasteiger partial charge < -0.3 is 4.74 Å². The largest absolute Gasteiger partial charge is 0.475 e. The molecule has 7 heteroatoms. The highest BCUT2D eigenvalue weighted by atomic mass is 31.2. The molecule has 0 spiro atoms. The number of hydrogen-bond donors (Lipinski definition) is 0. The molecule has 82 valence electrons. The maximum atomic E-state index is 11.4. The van der Waals surface area contributed by atoms with E-state index in [2.05, 4.69) is 20.4 Å². The smallest absolute Gasteiger partial charge is 0.433 e. The molecule has 14 heavy (non-hydrogen) atoms. The van der Waals surface area contributed by atoms with Crippen molar-refractivity contribution in [2.24, 2.45) is 0 Å². The number of ether oxygens (including phenoxy) is 1. The van der Waals surface area contributed by atoms with Gasteiger partial charge in [0.25, 0.3) is 0 Å². The molecule has 0 aromatic rings. The highest BCUT2D eigenvalue weighted by molar-refractivity contribution is 7.48. The fraction of sp³-hybridized carbons (Fsp3) is 0.571. The Balaban J connectivity index is 4.29. The van der Waals surface area contributed by atoms with Crippen LogP contribution in [-0.2, 0) is 27.7 Å². The van der Waals surface area contributed by atoms with Crippen molar-refractivity contribution < 1.29 is 27.7 Å². The van der Waals surface area contributed by atoms with Crippen LogP contribution in [0.25, 0.3) is 0 Å². The zero-order valence-corrected chi connectivity index (χ0v) is 9.15. The highest BCUT2D eigenvalue weighted by Crippen LogP contribution is 2.48. The molecule has 6 nitrogen and oxygen atoms in total. The molecule has 0 aromatic heterocycles. The fourth-order valence-corrected chi connectivity index (χ4v) is 1.37. The summed E-state index contributed by atoms with van der Waals surface area (Å²) in [4.78, 5) is 11.0. The van der Waals surface area contributed by atoms with Gasteiger partial charge in [0.15, 0.2) is 6.10 Å². The summed E-state index contributed by atoms with van der Waals surface area (Å²) in [6, 6.07) is 0. The molecule has 0 aliphatic carbocycles. The van der Waals surface area contributed by atoms with E-state index in [0.717, 1.165) is 20.5 Å². The van der Waals surface area contributed by atoms with E-state index in [0.29, 0.717) is 0 Å². The Bertz CT molecular complexity index is 243. The third kappa shape index (κ3) is 4.02. The number of esters is 1. The van der Waals surface area contributed by atoms with Crippen LogP contribution in [0.5, 0.6) is 0 Å². The SMILES string of the molecule is C=COC(=O)C(C)OP(=O)(OC)OC. The lowest BCUT2D eigenvalue weighted by atomic mass is 10.4. The van der Waals surface area contributed by atoms with Gasteiger partial charge in [0.05, 0.1) is 6.26 Å². The molecular weight excluding hydrogens is 211 g/mol. The average Bonchev–Trinajstić information content (AvgIpc) is 2.18. The zero-order chi connectivity index (χ0) is 11.2. The van der Waals surface area contributed by atoms with Gasteiger partial charge in [-0.15, -0.1) is 0 Å².